The van der Waals surface area contributed by atoms with Crippen LogP contribution in [-0.2, 0) is 9.53 Å². The molecule has 0 bridgehead atoms. The summed E-state index contributed by atoms with van der Waals surface area (Å²) in [5.74, 6) is -0.418. The van der Waals surface area contributed by atoms with Gasteiger partial charge in [-0.05, 0) is 25.3 Å². The van der Waals surface area contributed by atoms with Crippen molar-refractivity contribution in [2.75, 3.05) is 20.2 Å². The predicted molar refractivity (Wildman–Crippen MR) is 81.2 cm³/mol. The van der Waals surface area contributed by atoms with Crippen molar-refractivity contribution in [3.63, 3.8) is 0 Å². The fraction of sp³-hybridized carbons (Fsp3) is 0.412. The Labute approximate surface area is 125 Å². The van der Waals surface area contributed by atoms with Crippen LogP contribution in [0.4, 0.5) is 0 Å². The molecule has 1 aliphatic heterocycles. The van der Waals surface area contributed by atoms with Gasteiger partial charge in [0.1, 0.15) is 0 Å². The van der Waals surface area contributed by atoms with E-state index in [4.69, 9.17) is 10.00 Å². The number of nitrogens with zero attached hydrogens (tertiary/aromatic N) is 2. The molecule has 4 heteroatoms. The minimum Gasteiger partial charge on any atom is -0.466 e. The van der Waals surface area contributed by atoms with Gasteiger partial charge in [0, 0.05) is 13.1 Å². The van der Waals surface area contributed by atoms with Gasteiger partial charge in [0.05, 0.1) is 30.9 Å². The summed E-state index contributed by atoms with van der Waals surface area (Å²) >= 11 is 0. The van der Waals surface area contributed by atoms with Crippen LogP contribution in [0.25, 0.3) is 5.70 Å². The van der Waals surface area contributed by atoms with Crippen molar-refractivity contribution in [3.05, 3.63) is 41.0 Å². The molecule has 0 atom stereocenters. The fourth-order valence-electron chi connectivity index (χ4n) is 2.65. The number of likely N-dealkylation sites (tertiary alicyclic amines) is 1. The molecular formula is C17H20N2O2. The Balaban J connectivity index is 2.54. The summed E-state index contributed by atoms with van der Waals surface area (Å²) in [4.78, 5) is 14.3. The molecule has 0 aromatic heterocycles. The number of ether oxygens (including phenoxy) is 1. The Morgan fingerprint density at radius 1 is 1.29 bits per heavy atom. The lowest BCUT2D eigenvalue weighted by atomic mass is 10.0. The number of methoxy groups -OCH3 is 1. The van der Waals surface area contributed by atoms with Crippen molar-refractivity contribution in [2.45, 2.75) is 26.2 Å². The van der Waals surface area contributed by atoms with E-state index in [2.05, 4.69) is 11.0 Å². The normalized spacial score (nSPS) is 15.4. The summed E-state index contributed by atoms with van der Waals surface area (Å²) in [6, 6.07) is 10.1. The Kier molecular flexibility index (Phi) is 4.99. The first-order chi connectivity index (χ1) is 10.2. The van der Waals surface area contributed by atoms with Crippen molar-refractivity contribution in [1.82, 2.24) is 4.90 Å². The maximum Gasteiger partial charge on any atom is 0.336 e. The highest BCUT2D eigenvalue weighted by molar-refractivity contribution is 5.97. The van der Waals surface area contributed by atoms with E-state index in [0.717, 1.165) is 37.2 Å². The highest BCUT2D eigenvalue weighted by atomic mass is 16.5. The van der Waals surface area contributed by atoms with Crippen molar-refractivity contribution in [1.29, 1.82) is 5.26 Å². The predicted octanol–water partition coefficient (Wildman–Crippen LogP) is 2.89. The maximum atomic E-state index is 12.1. The lowest BCUT2D eigenvalue weighted by Gasteiger charge is -2.24. The summed E-state index contributed by atoms with van der Waals surface area (Å²) in [5, 5.41) is 9.05. The first-order valence-electron chi connectivity index (χ1n) is 7.17. The average molecular weight is 284 g/mol. The molecule has 1 aliphatic rings. The van der Waals surface area contributed by atoms with E-state index in [9.17, 15) is 4.79 Å². The van der Waals surface area contributed by atoms with E-state index in [1.807, 2.05) is 31.2 Å². The number of rotatable bonds is 4. The van der Waals surface area contributed by atoms with Crippen LogP contribution in [0.3, 0.4) is 0 Å². The molecule has 21 heavy (non-hydrogen) atoms. The van der Waals surface area contributed by atoms with Crippen LogP contribution < -0.4 is 0 Å². The maximum absolute atomic E-state index is 12.1. The van der Waals surface area contributed by atoms with E-state index in [1.165, 1.54) is 12.7 Å². The van der Waals surface area contributed by atoms with Crippen molar-refractivity contribution in [3.8, 4) is 6.07 Å². The van der Waals surface area contributed by atoms with Crippen LogP contribution in [0.15, 0.2) is 29.8 Å². The van der Waals surface area contributed by atoms with Gasteiger partial charge in [0.25, 0.3) is 0 Å². The van der Waals surface area contributed by atoms with Crippen LogP contribution in [0, 0.1) is 18.3 Å². The van der Waals surface area contributed by atoms with Crippen LogP contribution in [-0.4, -0.2) is 31.1 Å². The van der Waals surface area contributed by atoms with Gasteiger partial charge in [0.2, 0.25) is 0 Å². The summed E-state index contributed by atoms with van der Waals surface area (Å²) in [6.45, 7) is 3.85. The van der Waals surface area contributed by atoms with Crippen molar-refractivity contribution in [2.24, 2.45) is 0 Å². The van der Waals surface area contributed by atoms with Gasteiger partial charge < -0.3 is 9.64 Å². The zero-order valence-corrected chi connectivity index (χ0v) is 12.6. The third-order valence-electron chi connectivity index (χ3n) is 3.72. The van der Waals surface area contributed by atoms with E-state index >= 15 is 0 Å². The van der Waals surface area contributed by atoms with E-state index in [0.29, 0.717) is 5.57 Å². The number of esters is 1. The molecule has 1 fully saturated rings. The van der Waals surface area contributed by atoms with Crippen molar-refractivity contribution < 1.29 is 9.53 Å². The average Bonchev–Trinajstić information content (AvgIpc) is 3.02. The molecule has 0 saturated carbocycles. The molecule has 0 aliphatic carbocycles. The minimum absolute atomic E-state index is 0.0619. The SMILES string of the molecule is COC(=O)/C(CC#N)=C(/c1ccc(C)cc1)N1CCCC1. The Bertz CT molecular complexity index is 576. The first kappa shape index (κ1) is 15.1. The van der Waals surface area contributed by atoms with Crippen LogP contribution >= 0.6 is 0 Å². The number of carbonyl (C=O) groups excluding carboxylic acids is 1. The van der Waals surface area contributed by atoms with Crippen LogP contribution in [0.2, 0.25) is 0 Å². The van der Waals surface area contributed by atoms with E-state index < -0.39 is 5.97 Å². The third-order valence-corrected chi connectivity index (χ3v) is 3.72. The summed E-state index contributed by atoms with van der Waals surface area (Å²) in [6.07, 6.45) is 2.28. The zero-order chi connectivity index (χ0) is 15.2. The van der Waals surface area contributed by atoms with Gasteiger partial charge in [-0.25, -0.2) is 4.79 Å². The topological polar surface area (TPSA) is 53.3 Å². The molecule has 2 rings (SSSR count). The number of carbonyl (C=O) groups is 1. The highest BCUT2D eigenvalue weighted by Gasteiger charge is 2.24. The Morgan fingerprint density at radius 3 is 2.43 bits per heavy atom. The monoisotopic (exact) mass is 284 g/mol. The minimum atomic E-state index is -0.418. The molecule has 0 unspecified atom stereocenters. The van der Waals surface area contributed by atoms with Crippen molar-refractivity contribution >= 4 is 11.7 Å². The molecule has 0 spiro atoms. The number of aryl methyl sites for hydroxylation is 1. The molecule has 0 N–H and O–H groups in total. The molecule has 0 amide bonds. The van der Waals surface area contributed by atoms with Crippen LogP contribution in [0.1, 0.15) is 30.4 Å². The van der Waals surface area contributed by atoms with Gasteiger partial charge in [-0.2, -0.15) is 5.26 Å². The molecular weight excluding hydrogens is 264 g/mol. The molecule has 1 aromatic carbocycles. The van der Waals surface area contributed by atoms with Gasteiger partial charge in [0.15, 0.2) is 0 Å². The third kappa shape index (κ3) is 3.43. The number of hydrogen-bond acceptors (Lipinski definition) is 4. The molecule has 1 saturated heterocycles. The summed E-state index contributed by atoms with van der Waals surface area (Å²) in [7, 11) is 1.36. The van der Waals surface area contributed by atoms with Gasteiger partial charge in [-0.3, -0.25) is 0 Å². The molecule has 0 radical (unpaired) electrons. The van der Waals surface area contributed by atoms with Gasteiger partial charge >= 0.3 is 5.97 Å². The fourth-order valence-corrected chi connectivity index (χ4v) is 2.65. The van der Waals surface area contributed by atoms with Crippen LogP contribution in [0.5, 0.6) is 0 Å². The second-order valence-corrected chi connectivity index (χ2v) is 5.21. The first-order valence-corrected chi connectivity index (χ1v) is 7.17. The molecule has 110 valence electrons. The number of benzene rings is 1. The summed E-state index contributed by atoms with van der Waals surface area (Å²) in [5.41, 5.74) is 3.43. The van der Waals surface area contributed by atoms with Gasteiger partial charge in [-0.15, -0.1) is 0 Å². The number of nitriles is 1. The smallest absolute Gasteiger partial charge is 0.336 e. The van der Waals surface area contributed by atoms with E-state index in [1.54, 1.807) is 0 Å². The summed E-state index contributed by atoms with van der Waals surface area (Å²) < 4.78 is 4.88. The second-order valence-electron chi connectivity index (χ2n) is 5.21. The lowest BCUT2D eigenvalue weighted by Crippen LogP contribution is -2.22. The number of hydrogen-bond donors (Lipinski definition) is 0. The largest absolute Gasteiger partial charge is 0.466 e. The Hall–Kier alpha value is -2.28. The Morgan fingerprint density at radius 2 is 1.90 bits per heavy atom. The molecule has 4 nitrogen and oxygen atoms in total. The second kappa shape index (κ2) is 6.94. The molecule has 1 heterocycles. The lowest BCUT2D eigenvalue weighted by molar-refractivity contribution is -0.136. The standard InChI is InChI=1S/C17H20N2O2/c1-13-5-7-14(8-6-13)16(19-11-3-4-12-19)15(9-10-18)17(20)21-2/h5-8H,3-4,9,11-12H2,1-2H3/b16-15-. The quantitative estimate of drug-likeness (QED) is 0.630. The molecule has 1 aromatic rings. The van der Waals surface area contributed by atoms with E-state index in [-0.39, 0.29) is 6.42 Å². The van der Waals surface area contributed by atoms with Gasteiger partial charge in [-0.1, -0.05) is 29.8 Å². The highest BCUT2D eigenvalue weighted by Crippen LogP contribution is 2.29. The zero-order valence-electron chi connectivity index (χ0n) is 12.6.